The number of hydrogen-bond acceptors (Lipinski definition) is 6. The van der Waals surface area contributed by atoms with Gasteiger partial charge in [0.15, 0.2) is 0 Å². The van der Waals surface area contributed by atoms with Gasteiger partial charge < -0.3 is 18.3 Å². The molecule has 1 rings (SSSR count). The second-order valence-corrected chi connectivity index (χ2v) is 17.5. The minimum absolute atomic E-state index is 0.0859. The Kier molecular flexibility index (Phi) is 9.40. The highest BCUT2D eigenvalue weighted by Crippen LogP contribution is 2.39. The zero-order chi connectivity index (χ0) is 24.5. The van der Waals surface area contributed by atoms with Gasteiger partial charge >= 0.3 is 7.12 Å². The Bertz CT molecular complexity index is 600. The predicted molar refractivity (Wildman–Crippen MR) is 133 cm³/mol. The van der Waals surface area contributed by atoms with E-state index in [9.17, 15) is 9.35 Å². The van der Waals surface area contributed by atoms with Crippen LogP contribution in [0.5, 0.6) is 0 Å². The van der Waals surface area contributed by atoms with Crippen LogP contribution >= 0.6 is 0 Å². The fourth-order valence-electron chi connectivity index (χ4n) is 2.99. The number of rotatable bonds is 9. The molecule has 0 aromatic heterocycles. The van der Waals surface area contributed by atoms with Crippen molar-refractivity contribution in [1.29, 1.82) is 0 Å². The molecule has 0 spiro atoms. The summed E-state index contributed by atoms with van der Waals surface area (Å²) in [6.07, 6.45) is 1.80. The minimum Gasteiger partial charge on any atom is -0.598 e. The molecule has 0 unspecified atom stereocenters. The molecular weight excluding hydrogens is 429 g/mol. The first-order valence-corrected chi connectivity index (χ1v) is 13.8. The number of nitrogens with one attached hydrogen (secondary N) is 1. The third-order valence-corrected chi connectivity index (χ3v) is 8.80. The van der Waals surface area contributed by atoms with Crippen LogP contribution in [0, 0.1) is 5.41 Å². The van der Waals surface area contributed by atoms with Crippen LogP contribution in [0.3, 0.4) is 0 Å². The Hall–Kier alpha value is -0.0582. The van der Waals surface area contributed by atoms with Crippen molar-refractivity contribution in [2.75, 3.05) is 0 Å². The molecule has 182 valence electrons. The maximum Gasteiger partial charge on any atom is 0.480 e. The summed E-state index contributed by atoms with van der Waals surface area (Å²) in [5.41, 5.74) is -1.16. The van der Waals surface area contributed by atoms with Gasteiger partial charge in [0.1, 0.15) is 4.75 Å². The second kappa shape index (κ2) is 10.1. The molecule has 0 amide bonds. The van der Waals surface area contributed by atoms with Gasteiger partial charge in [0.25, 0.3) is 5.97 Å². The summed E-state index contributed by atoms with van der Waals surface area (Å²) in [7, 11) is -1.41. The fraction of sp³-hybridized carbons (Fsp3) is 0.955. The van der Waals surface area contributed by atoms with Crippen molar-refractivity contribution in [3.8, 4) is 0 Å². The molecule has 0 aliphatic carbocycles. The molecular formula is C22H46BNO5SSi. The Morgan fingerprint density at radius 2 is 1.55 bits per heavy atom. The average Bonchev–Trinajstić information content (AvgIpc) is 2.75. The van der Waals surface area contributed by atoms with E-state index >= 15 is 0 Å². The smallest absolute Gasteiger partial charge is 0.480 e. The molecule has 1 saturated heterocycles. The SMILES string of the molecule is CC(C)(CC[C@H](N[S@+]([O-])C(C)(C)C)B1OC(C)(C)C(C)(C)O1)CC(=O)O[SiH2]C(C)(C)C. The van der Waals surface area contributed by atoms with Gasteiger partial charge in [-0.15, -0.1) is 4.72 Å². The summed E-state index contributed by atoms with van der Waals surface area (Å²) >= 11 is -1.26. The topological polar surface area (TPSA) is 79.9 Å². The lowest BCUT2D eigenvalue weighted by Gasteiger charge is -2.32. The number of carbonyl (C=O) groups is 1. The fourth-order valence-corrected chi connectivity index (χ4v) is 4.54. The highest BCUT2D eigenvalue weighted by molar-refractivity contribution is 7.90. The lowest BCUT2D eigenvalue weighted by molar-refractivity contribution is -0.136. The molecule has 1 fully saturated rings. The zero-order valence-electron chi connectivity index (χ0n) is 21.9. The van der Waals surface area contributed by atoms with Crippen molar-refractivity contribution in [1.82, 2.24) is 4.72 Å². The maximum atomic E-state index is 12.9. The Balaban J connectivity index is 2.84. The van der Waals surface area contributed by atoms with Crippen molar-refractivity contribution in [3.63, 3.8) is 0 Å². The second-order valence-electron chi connectivity index (χ2n) is 12.8. The lowest BCUT2D eigenvalue weighted by Crippen LogP contribution is -2.52. The van der Waals surface area contributed by atoms with Gasteiger partial charge in [0.2, 0.25) is 9.76 Å². The number of hydrogen-bond donors (Lipinski definition) is 1. The molecule has 9 heteroatoms. The predicted octanol–water partition coefficient (Wildman–Crippen LogP) is 4.08. The third-order valence-electron chi connectivity index (χ3n) is 5.84. The van der Waals surface area contributed by atoms with Crippen LogP contribution in [0.1, 0.15) is 102 Å². The van der Waals surface area contributed by atoms with Gasteiger partial charge in [-0.3, -0.25) is 4.79 Å². The van der Waals surface area contributed by atoms with E-state index in [-0.39, 0.29) is 22.4 Å². The van der Waals surface area contributed by atoms with Crippen molar-refractivity contribution in [2.45, 2.75) is 129 Å². The standard InChI is InChI=1S/C22H46BNO5SSi/c1-18(2,3)30(26)24-16(23-28-21(9,10)22(11,12)29-23)13-14-20(7,8)15-17(25)27-31-19(4,5)6/h16,24H,13-15,31H2,1-12H3/t16-,30+/m0/s1. The van der Waals surface area contributed by atoms with Crippen LogP contribution in [0.4, 0.5) is 0 Å². The van der Waals surface area contributed by atoms with Crippen molar-refractivity contribution >= 4 is 34.2 Å². The quantitative estimate of drug-likeness (QED) is 0.400. The highest BCUT2D eigenvalue weighted by atomic mass is 32.2. The molecule has 0 radical (unpaired) electrons. The monoisotopic (exact) mass is 475 g/mol. The molecule has 31 heavy (non-hydrogen) atoms. The summed E-state index contributed by atoms with van der Waals surface area (Å²) < 4.78 is 33.8. The number of carbonyl (C=O) groups excluding carboxylic acids is 1. The summed E-state index contributed by atoms with van der Waals surface area (Å²) in [5.74, 6) is -0.370. The van der Waals surface area contributed by atoms with E-state index in [2.05, 4.69) is 39.3 Å². The molecule has 1 N–H and O–H groups in total. The molecule has 1 aliphatic rings. The molecule has 0 aromatic rings. The van der Waals surface area contributed by atoms with Gasteiger partial charge in [-0.1, -0.05) is 34.6 Å². The van der Waals surface area contributed by atoms with Crippen molar-refractivity contribution in [2.24, 2.45) is 5.41 Å². The first kappa shape index (κ1) is 29.0. The summed E-state index contributed by atoms with van der Waals surface area (Å²) in [6, 6.07) is 0. The van der Waals surface area contributed by atoms with Gasteiger partial charge in [-0.2, -0.15) is 0 Å². The van der Waals surface area contributed by atoms with Crippen LogP contribution < -0.4 is 4.72 Å². The molecule has 2 atom stereocenters. The van der Waals surface area contributed by atoms with E-state index in [4.69, 9.17) is 13.7 Å². The summed E-state index contributed by atoms with van der Waals surface area (Å²) in [4.78, 5) is 12.4. The highest BCUT2D eigenvalue weighted by Gasteiger charge is 2.55. The van der Waals surface area contributed by atoms with E-state index in [1.165, 1.54) is 0 Å². The maximum absolute atomic E-state index is 12.9. The lowest BCUT2D eigenvalue weighted by atomic mass is 9.72. The van der Waals surface area contributed by atoms with Crippen molar-refractivity contribution < 1.29 is 23.1 Å². The van der Waals surface area contributed by atoms with Gasteiger partial charge in [0, 0.05) is 17.8 Å². The van der Waals surface area contributed by atoms with Crippen LogP contribution in [0.15, 0.2) is 0 Å². The largest absolute Gasteiger partial charge is 0.598 e. The summed E-state index contributed by atoms with van der Waals surface area (Å²) in [6.45, 7) is 24.4. The van der Waals surface area contributed by atoms with E-state index in [1.807, 2.05) is 48.5 Å². The molecule has 0 saturated carbocycles. The Labute approximate surface area is 196 Å². The molecule has 6 nitrogen and oxygen atoms in total. The van der Waals surface area contributed by atoms with E-state index in [0.717, 1.165) is 6.42 Å². The van der Waals surface area contributed by atoms with Crippen LogP contribution in [-0.4, -0.2) is 49.3 Å². The van der Waals surface area contributed by atoms with Crippen LogP contribution in [0.25, 0.3) is 0 Å². The minimum atomic E-state index is -1.26. The van der Waals surface area contributed by atoms with Gasteiger partial charge in [-0.25, -0.2) is 0 Å². The van der Waals surface area contributed by atoms with Crippen LogP contribution in [0.2, 0.25) is 5.04 Å². The van der Waals surface area contributed by atoms with Crippen LogP contribution in [-0.2, 0) is 29.9 Å². The first-order chi connectivity index (χ1) is 13.7. The third kappa shape index (κ3) is 9.37. The van der Waals surface area contributed by atoms with E-state index in [0.29, 0.717) is 12.8 Å². The molecule has 0 aromatic carbocycles. The van der Waals surface area contributed by atoms with E-state index in [1.54, 1.807) is 0 Å². The van der Waals surface area contributed by atoms with Gasteiger partial charge in [-0.05, 0) is 71.8 Å². The molecule has 1 aliphatic heterocycles. The Morgan fingerprint density at radius 1 is 1.06 bits per heavy atom. The first-order valence-electron chi connectivity index (χ1n) is 11.3. The molecule has 1 heterocycles. The van der Waals surface area contributed by atoms with Crippen molar-refractivity contribution in [3.05, 3.63) is 0 Å². The van der Waals surface area contributed by atoms with E-state index < -0.39 is 44.2 Å². The zero-order valence-corrected chi connectivity index (χ0v) is 24.2. The summed E-state index contributed by atoms with van der Waals surface area (Å²) in [5, 5.41) is 0.0859. The molecule has 0 bridgehead atoms. The normalized spacial score (nSPS) is 21.5. The van der Waals surface area contributed by atoms with Gasteiger partial charge in [0.05, 0.1) is 17.1 Å². The Morgan fingerprint density at radius 3 is 1.97 bits per heavy atom. The average molecular weight is 476 g/mol.